The molecule has 0 aliphatic rings. The van der Waals surface area contributed by atoms with E-state index in [-0.39, 0.29) is 6.04 Å². The summed E-state index contributed by atoms with van der Waals surface area (Å²) in [4.78, 5) is 0. The second kappa shape index (κ2) is 6.54. The molecule has 0 aromatic heterocycles. The Morgan fingerprint density at radius 1 is 1.46 bits per heavy atom. The molecule has 0 fully saturated rings. The van der Waals surface area contributed by atoms with Crippen molar-refractivity contribution in [2.75, 3.05) is 13.7 Å². The van der Waals surface area contributed by atoms with Crippen LogP contribution in [-0.2, 0) is 8.85 Å². The van der Waals surface area contributed by atoms with Crippen molar-refractivity contribution in [3.63, 3.8) is 0 Å². The SMILES string of the molecule is CCCO[Si](C)(CCC(C)N)OC. The van der Waals surface area contributed by atoms with Crippen molar-refractivity contribution in [3.8, 4) is 0 Å². The Kier molecular flexibility index (Phi) is 6.58. The molecular weight excluding hydrogens is 182 g/mol. The van der Waals surface area contributed by atoms with Gasteiger partial charge in [0.05, 0.1) is 0 Å². The Morgan fingerprint density at radius 2 is 2.08 bits per heavy atom. The van der Waals surface area contributed by atoms with Gasteiger partial charge in [-0.3, -0.25) is 0 Å². The maximum atomic E-state index is 5.74. The van der Waals surface area contributed by atoms with E-state index in [1.54, 1.807) is 7.11 Å². The summed E-state index contributed by atoms with van der Waals surface area (Å²) in [6.45, 7) is 7.03. The number of nitrogens with two attached hydrogens (primary N) is 1. The summed E-state index contributed by atoms with van der Waals surface area (Å²) in [5.74, 6) is 0. The van der Waals surface area contributed by atoms with Gasteiger partial charge in [0.25, 0.3) is 0 Å². The van der Waals surface area contributed by atoms with Gasteiger partial charge < -0.3 is 14.6 Å². The number of hydrogen-bond donors (Lipinski definition) is 1. The fourth-order valence-corrected chi connectivity index (χ4v) is 3.12. The largest absolute Gasteiger partial charge is 0.398 e. The van der Waals surface area contributed by atoms with Crippen molar-refractivity contribution in [1.29, 1.82) is 0 Å². The van der Waals surface area contributed by atoms with Gasteiger partial charge in [-0.25, -0.2) is 0 Å². The van der Waals surface area contributed by atoms with Crippen LogP contribution in [0.4, 0.5) is 0 Å². The molecule has 0 saturated heterocycles. The van der Waals surface area contributed by atoms with Crippen LogP contribution in [0, 0.1) is 0 Å². The maximum Gasteiger partial charge on any atom is 0.334 e. The van der Waals surface area contributed by atoms with Gasteiger partial charge in [-0.2, -0.15) is 0 Å². The molecule has 0 bridgehead atoms. The Balaban J connectivity index is 3.81. The molecule has 0 aromatic rings. The molecule has 0 rings (SSSR count). The zero-order chi connectivity index (χ0) is 10.3. The highest BCUT2D eigenvalue weighted by Crippen LogP contribution is 2.15. The van der Waals surface area contributed by atoms with Gasteiger partial charge in [-0.15, -0.1) is 0 Å². The molecule has 0 amide bonds. The molecule has 0 aliphatic carbocycles. The minimum absolute atomic E-state index is 0.243. The minimum atomic E-state index is -1.89. The lowest BCUT2D eigenvalue weighted by Gasteiger charge is -2.25. The fourth-order valence-electron chi connectivity index (χ4n) is 1.04. The van der Waals surface area contributed by atoms with Crippen molar-refractivity contribution < 1.29 is 8.85 Å². The summed E-state index contributed by atoms with van der Waals surface area (Å²) in [6, 6.07) is 1.23. The van der Waals surface area contributed by atoms with Crippen molar-refractivity contribution in [1.82, 2.24) is 0 Å². The van der Waals surface area contributed by atoms with E-state index in [4.69, 9.17) is 14.6 Å². The van der Waals surface area contributed by atoms with Crippen LogP contribution >= 0.6 is 0 Å². The molecule has 0 saturated carbocycles. The molecule has 2 atom stereocenters. The molecule has 0 aliphatic heterocycles. The second-order valence-corrected chi connectivity index (χ2v) is 7.17. The Hall–Kier alpha value is 0.0969. The van der Waals surface area contributed by atoms with Gasteiger partial charge in [0, 0.05) is 19.8 Å². The number of rotatable bonds is 7. The van der Waals surface area contributed by atoms with Gasteiger partial charge in [0.1, 0.15) is 0 Å². The van der Waals surface area contributed by atoms with E-state index in [2.05, 4.69) is 13.5 Å². The quantitative estimate of drug-likeness (QED) is 0.645. The highest BCUT2D eigenvalue weighted by Gasteiger charge is 2.29. The molecule has 0 heterocycles. The predicted octanol–water partition coefficient (Wildman–Crippen LogP) is 1.87. The fraction of sp³-hybridized carbons (Fsp3) is 1.00. The summed E-state index contributed by atoms with van der Waals surface area (Å²) < 4.78 is 11.2. The van der Waals surface area contributed by atoms with Crippen molar-refractivity contribution >= 4 is 8.56 Å². The van der Waals surface area contributed by atoms with E-state index in [1.807, 2.05) is 6.92 Å². The average molecular weight is 205 g/mol. The Morgan fingerprint density at radius 3 is 2.46 bits per heavy atom. The third-order valence-electron chi connectivity index (χ3n) is 2.10. The maximum absolute atomic E-state index is 5.74. The van der Waals surface area contributed by atoms with Gasteiger partial charge >= 0.3 is 8.56 Å². The highest BCUT2D eigenvalue weighted by molar-refractivity contribution is 6.65. The smallest absolute Gasteiger partial charge is 0.334 e. The van der Waals surface area contributed by atoms with E-state index in [0.29, 0.717) is 0 Å². The van der Waals surface area contributed by atoms with Crippen molar-refractivity contribution in [2.45, 2.75) is 45.3 Å². The molecular formula is C9H23NO2Si. The van der Waals surface area contributed by atoms with Crippen molar-refractivity contribution in [3.05, 3.63) is 0 Å². The lowest BCUT2D eigenvalue weighted by Crippen LogP contribution is -2.39. The summed E-state index contributed by atoms with van der Waals surface area (Å²) >= 11 is 0. The lowest BCUT2D eigenvalue weighted by atomic mass is 10.3. The molecule has 2 N–H and O–H groups in total. The summed E-state index contributed by atoms with van der Waals surface area (Å²) in [6.07, 6.45) is 2.03. The second-order valence-electron chi connectivity index (χ2n) is 3.70. The van der Waals surface area contributed by atoms with E-state index in [0.717, 1.165) is 25.5 Å². The van der Waals surface area contributed by atoms with Gasteiger partial charge in [0.15, 0.2) is 0 Å². The Labute approximate surface area is 82.9 Å². The first-order chi connectivity index (χ1) is 6.04. The van der Waals surface area contributed by atoms with Gasteiger partial charge in [-0.1, -0.05) is 6.92 Å². The number of hydrogen-bond acceptors (Lipinski definition) is 3. The first-order valence-electron chi connectivity index (χ1n) is 4.98. The molecule has 4 heteroatoms. The topological polar surface area (TPSA) is 44.5 Å². The van der Waals surface area contributed by atoms with Gasteiger partial charge in [-0.05, 0) is 32.4 Å². The molecule has 80 valence electrons. The Bertz CT molecular complexity index is 133. The monoisotopic (exact) mass is 205 g/mol. The molecule has 13 heavy (non-hydrogen) atoms. The molecule has 2 unspecified atom stereocenters. The summed E-state index contributed by atoms with van der Waals surface area (Å²) in [5.41, 5.74) is 5.69. The zero-order valence-corrected chi connectivity index (χ0v) is 10.3. The first-order valence-corrected chi connectivity index (χ1v) is 7.51. The average Bonchev–Trinajstić information content (AvgIpc) is 2.11. The van der Waals surface area contributed by atoms with Crippen molar-refractivity contribution in [2.24, 2.45) is 5.73 Å². The lowest BCUT2D eigenvalue weighted by molar-refractivity contribution is 0.203. The van der Waals surface area contributed by atoms with Crippen LogP contribution in [-0.4, -0.2) is 28.3 Å². The van der Waals surface area contributed by atoms with Crippen LogP contribution in [0.2, 0.25) is 12.6 Å². The standard InChI is InChI=1S/C9H23NO2Si/c1-5-7-12-13(4,11-3)8-6-9(2)10/h9H,5-8,10H2,1-4H3. The minimum Gasteiger partial charge on any atom is -0.398 e. The third-order valence-corrected chi connectivity index (χ3v) is 4.97. The van der Waals surface area contributed by atoms with Crippen LogP contribution in [0.5, 0.6) is 0 Å². The van der Waals surface area contributed by atoms with Crippen LogP contribution in [0.1, 0.15) is 26.7 Å². The van der Waals surface area contributed by atoms with Crippen LogP contribution in [0.3, 0.4) is 0 Å². The molecule has 3 nitrogen and oxygen atoms in total. The van der Waals surface area contributed by atoms with Crippen LogP contribution < -0.4 is 5.73 Å². The van der Waals surface area contributed by atoms with E-state index in [1.165, 1.54) is 0 Å². The van der Waals surface area contributed by atoms with E-state index in [9.17, 15) is 0 Å². The highest BCUT2D eigenvalue weighted by atomic mass is 28.4. The van der Waals surface area contributed by atoms with Crippen LogP contribution in [0.25, 0.3) is 0 Å². The van der Waals surface area contributed by atoms with Crippen LogP contribution in [0.15, 0.2) is 0 Å². The third kappa shape index (κ3) is 6.21. The first kappa shape index (κ1) is 13.1. The normalized spacial score (nSPS) is 18.2. The van der Waals surface area contributed by atoms with Gasteiger partial charge in [0.2, 0.25) is 0 Å². The van der Waals surface area contributed by atoms with E-state index >= 15 is 0 Å². The van der Waals surface area contributed by atoms with E-state index < -0.39 is 8.56 Å². The molecule has 0 spiro atoms. The molecule has 0 radical (unpaired) electrons. The summed E-state index contributed by atoms with van der Waals surface area (Å²) in [7, 11) is -0.148. The molecule has 0 aromatic carbocycles. The summed E-state index contributed by atoms with van der Waals surface area (Å²) in [5, 5.41) is 0. The predicted molar refractivity (Wildman–Crippen MR) is 57.9 cm³/mol. The zero-order valence-electron chi connectivity index (χ0n) is 9.30.